The number of nitrogens with zero attached hydrogens (tertiary/aromatic N) is 7. The van der Waals surface area contributed by atoms with Crippen LogP contribution in [0.5, 0.6) is 0 Å². The fraction of sp³-hybridized carbons (Fsp3) is 0.244. The Morgan fingerprint density at radius 3 is 2.10 bits per heavy atom. The van der Waals surface area contributed by atoms with Crippen LogP contribution < -0.4 is 16.0 Å². The van der Waals surface area contributed by atoms with E-state index in [9.17, 15) is 33.8 Å². The van der Waals surface area contributed by atoms with E-state index in [2.05, 4.69) is 36.1 Å². The number of aromatic nitrogens is 6. The third kappa shape index (κ3) is 6.42. The number of carbonyl (C=O) groups excluding carboxylic acids is 2. The number of nitrogens with one attached hydrogen (secondary N) is 3. The Balaban J connectivity index is 0.000000151. The molecule has 15 nitrogen and oxygen atoms in total. The van der Waals surface area contributed by atoms with Gasteiger partial charge in [-0.3, -0.25) is 14.3 Å². The lowest BCUT2D eigenvalue weighted by Gasteiger charge is -2.20. The maximum atomic E-state index is 14.6. The molecule has 10 rings (SSSR count). The Labute approximate surface area is 328 Å². The van der Waals surface area contributed by atoms with Crippen molar-refractivity contribution >= 4 is 17.6 Å². The summed E-state index contributed by atoms with van der Waals surface area (Å²) in [5.41, 5.74) is 6.23. The summed E-state index contributed by atoms with van der Waals surface area (Å²) in [5.74, 6) is -0.654. The van der Waals surface area contributed by atoms with Gasteiger partial charge in [-0.2, -0.15) is 15.5 Å². The number of pyridine rings is 2. The third-order valence-corrected chi connectivity index (χ3v) is 10.5. The molecule has 8 heterocycles. The first kappa shape index (κ1) is 36.7. The lowest BCUT2D eigenvalue weighted by Crippen LogP contribution is -2.31. The lowest BCUT2D eigenvalue weighted by molar-refractivity contribution is 0.0958. The molecule has 2 amide bonds. The van der Waals surface area contributed by atoms with Crippen LogP contribution in [0.2, 0.25) is 0 Å². The second kappa shape index (κ2) is 14.6. The monoisotopic (exact) mass is 784 g/mol. The maximum Gasteiger partial charge on any atom is 0.254 e. The minimum atomic E-state index is -0.670. The van der Waals surface area contributed by atoms with Gasteiger partial charge in [-0.05, 0) is 48.9 Å². The largest absolute Gasteiger partial charge is 0.389 e. The van der Waals surface area contributed by atoms with Crippen molar-refractivity contribution in [1.29, 1.82) is 5.26 Å². The number of aliphatic hydroxyl groups is 2. The van der Waals surface area contributed by atoms with Crippen LogP contribution in [0, 0.1) is 29.9 Å². The van der Waals surface area contributed by atoms with Gasteiger partial charge in [0.05, 0.1) is 101 Å². The number of fused-ring (bicyclic) bond motifs is 3. The highest BCUT2D eigenvalue weighted by molar-refractivity contribution is 6.05. The van der Waals surface area contributed by atoms with Gasteiger partial charge in [0, 0.05) is 35.5 Å². The quantitative estimate of drug-likeness (QED) is 0.170. The fourth-order valence-electron chi connectivity index (χ4n) is 7.72. The molecule has 2 unspecified atom stereocenters. The van der Waals surface area contributed by atoms with Gasteiger partial charge in [0.1, 0.15) is 29.6 Å². The second-order valence-corrected chi connectivity index (χ2v) is 14.3. The number of halogens is 2. The molecule has 0 radical (unpaired) electrons. The van der Waals surface area contributed by atoms with E-state index < -0.39 is 18.0 Å². The molecule has 3 atom stereocenters. The number of hydrogen-bond acceptors (Lipinski definition) is 11. The van der Waals surface area contributed by atoms with E-state index in [1.807, 2.05) is 25.1 Å². The topological polar surface area (TPSA) is 205 Å². The van der Waals surface area contributed by atoms with Crippen LogP contribution in [-0.4, -0.2) is 83.5 Å². The first-order valence-corrected chi connectivity index (χ1v) is 18.5. The van der Waals surface area contributed by atoms with Crippen molar-refractivity contribution in [1.82, 2.24) is 40.2 Å². The van der Waals surface area contributed by atoms with Gasteiger partial charge in [0.2, 0.25) is 0 Å². The van der Waals surface area contributed by atoms with Crippen LogP contribution in [-0.2, 0) is 24.4 Å². The number of aliphatic hydroxyl groups excluding tert-OH is 2. The minimum Gasteiger partial charge on any atom is -0.389 e. The highest BCUT2D eigenvalue weighted by Crippen LogP contribution is 2.37. The summed E-state index contributed by atoms with van der Waals surface area (Å²) >= 11 is 0. The van der Waals surface area contributed by atoms with Crippen molar-refractivity contribution in [2.45, 2.75) is 44.8 Å². The van der Waals surface area contributed by atoms with E-state index in [0.717, 1.165) is 11.4 Å². The second-order valence-electron chi connectivity index (χ2n) is 14.3. The molecule has 2 aromatic carbocycles. The molecular weight excluding hydrogens is 751 g/mol. The number of carbonyl (C=O) groups is 2. The average molecular weight is 785 g/mol. The molecule has 6 aromatic rings. The van der Waals surface area contributed by atoms with Gasteiger partial charge < -0.3 is 30.9 Å². The number of hydrogen-bond donors (Lipinski definition) is 5. The van der Waals surface area contributed by atoms with Crippen LogP contribution in [0.25, 0.3) is 45.0 Å². The van der Waals surface area contributed by atoms with Gasteiger partial charge in [-0.25, -0.2) is 23.4 Å². The summed E-state index contributed by atoms with van der Waals surface area (Å²) in [5, 5.41) is 47.1. The van der Waals surface area contributed by atoms with Gasteiger partial charge in [-0.15, -0.1) is 0 Å². The SMILES string of the molecule is Cc1cccc(F)c1-c1cc(-c2cc3n(n2)CC(O)CN3)c2c(n1)CNC2=O.N#Cc1cccc(F)c1-c1cc(-c2ccn(C3COC[C@@H]3O)n2)c2c(n1)CNC2=O. The Bertz CT molecular complexity index is 2690. The number of benzene rings is 2. The van der Waals surface area contributed by atoms with Crippen LogP contribution in [0.1, 0.15) is 49.3 Å². The molecular formula is C41H34F2N10O5. The Morgan fingerprint density at radius 1 is 0.793 bits per heavy atom. The van der Waals surface area contributed by atoms with Crippen LogP contribution >= 0.6 is 0 Å². The number of amides is 2. The smallest absolute Gasteiger partial charge is 0.254 e. The molecule has 17 heteroatoms. The maximum absolute atomic E-state index is 14.6. The molecule has 58 heavy (non-hydrogen) atoms. The van der Waals surface area contributed by atoms with E-state index in [4.69, 9.17) is 4.74 Å². The Hall–Kier alpha value is -6.87. The summed E-state index contributed by atoms with van der Waals surface area (Å²) in [6.45, 7) is 3.73. The Kier molecular flexibility index (Phi) is 9.23. The number of rotatable bonds is 5. The molecule has 1 fully saturated rings. The van der Waals surface area contributed by atoms with Gasteiger partial charge >= 0.3 is 0 Å². The molecule has 0 saturated carbocycles. The van der Waals surface area contributed by atoms with E-state index in [0.29, 0.717) is 82.5 Å². The first-order valence-electron chi connectivity index (χ1n) is 18.5. The van der Waals surface area contributed by atoms with E-state index >= 15 is 0 Å². The van der Waals surface area contributed by atoms with Gasteiger partial charge in [0.15, 0.2) is 0 Å². The number of anilines is 1. The third-order valence-electron chi connectivity index (χ3n) is 10.5. The summed E-state index contributed by atoms with van der Waals surface area (Å²) < 4.78 is 37.7. The van der Waals surface area contributed by atoms with Crippen molar-refractivity contribution in [3.05, 3.63) is 112 Å². The highest BCUT2D eigenvalue weighted by atomic mass is 19.1. The molecule has 0 spiro atoms. The summed E-state index contributed by atoms with van der Waals surface area (Å²) in [6.07, 6.45) is 0.515. The van der Waals surface area contributed by atoms with Crippen LogP contribution in [0.4, 0.5) is 14.6 Å². The van der Waals surface area contributed by atoms with Crippen molar-refractivity contribution < 1.29 is 33.3 Å². The summed E-state index contributed by atoms with van der Waals surface area (Å²) in [7, 11) is 0. The average Bonchev–Trinajstić information content (AvgIpc) is 4.06. The zero-order valence-corrected chi connectivity index (χ0v) is 30.8. The fourth-order valence-corrected chi connectivity index (χ4v) is 7.72. The van der Waals surface area contributed by atoms with E-state index in [-0.39, 0.29) is 53.6 Å². The summed E-state index contributed by atoms with van der Waals surface area (Å²) in [6, 6.07) is 17.7. The molecule has 4 aromatic heterocycles. The predicted molar refractivity (Wildman–Crippen MR) is 204 cm³/mol. The first-order chi connectivity index (χ1) is 28.1. The number of β-amino-alcohol motifs (C(OH)–C–C–N with tert-alkyl or cyclic N) is 1. The van der Waals surface area contributed by atoms with Crippen molar-refractivity contribution in [2.24, 2.45) is 0 Å². The molecule has 292 valence electrons. The predicted octanol–water partition coefficient (Wildman–Crippen LogP) is 3.89. The lowest BCUT2D eigenvalue weighted by atomic mass is 9.98. The van der Waals surface area contributed by atoms with Crippen molar-refractivity contribution in [3.8, 4) is 51.1 Å². The van der Waals surface area contributed by atoms with Crippen molar-refractivity contribution in [2.75, 3.05) is 25.1 Å². The standard InChI is InChI=1S/C21H16FN5O3.C20H18FN5O2/c22-13-3-1-2-11(7-23)19(13)15-6-12(20-16(25-15)8-24-21(20)29)14-4-5-27(26-14)17-9-30-10-18(17)28;1-10-3-2-4-13(21)18(10)15-5-12(19-16(24-15)8-23-20(19)28)14-6-17-22-7-11(27)9-26(17)25-14/h1-6,17-18,28H,8-10H2,(H,24,29);2-6,11,22,27H,7-9H2,1H3,(H,23,28)/t17?,18-;/m0./s1. The van der Waals surface area contributed by atoms with Gasteiger partial charge in [0.25, 0.3) is 11.8 Å². The Morgan fingerprint density at radius 2 is 1.45 bits per heavy atom. The van der Waals surface area contributed by atoms with Crippen LogP contribution in [0.3, 0.4) is 0 Å². The zero-order chi connectivity index (χ0) is 40.2. The minimum absolute atomic E-state index is 0.0856. The molecule has 0 bridgehead atoms. The molecule has 0 aliphatic carbocycles. The molecule has 4 aliphatic rings. The highest BCUT2D eigenvalue weighted by Gasteiger charge is 2.32. The molecule has 4 aliphatic heterocycles. The van der Waals surface area contributed by atoms with E-state index in [1.54, 1.807) is 39.8 Å². The number of aryl methyl sites for hydroxylation is 1. The normalized spacial score (nSPS) is 18.9. The van der Waals surface area contributed by atoms with Crippen molar-refractivity contribution in [3.63, 3.8) is 0 Å². The van der Waals surface area contributed by atoms with E-state index in [1.165, 1.54) is 24.3 Å². The zero-order valence-electron chi connectivity index (χ0n) is 30.8. The molecule has 1 saturated heterocycles. The molecule has 5 N–H and O–H groups in total. The van der Waals surface area contributed by atoms with Crippen LogP contribution in [0.15, 0.2) is 66.9 Å². The van der Waals surface area contributed by atoms with Gasteiger partial charge in [-0.1, -0.05) is 18.2 Å². The number of ether oxygens (including phenoxy) is 1. The summed E-state index contributed by atoms with van der Waals surface area (Å²) in [4.78, 5) is 33.9. The number of nitriles is 1.